The molecule has 2 aliphatic heterocycles. The Balaban J connectivity index is 1.66. The number of rotatable bonds is 5. The van der Waals surface area contributed by atoms with Gasteiger partial charge in [-0.2, -0.15) is 4.98 Å². The molecule has 2 aliphatic rings. The summed E-state index contributed by atoms with van der Waals surface area (Å²) in [7, 11) is 2.21. The number of carbonyl (C=O) groups excluding carboxylic acids is 1. The van der Waals surface area contributed by atoms with Gasteiger partial charge in [0, 0.05) is 51.1 Å². The number of piperazine rings is 1. The molecule has 0 bridgehead atoms. The molecule has 0 unspecified atom stereocenters. The summed E-state index contributed by atoms with van der Waals surface area (Å²) in [6.07, 6.45) is 3.44. The SMILES string of the molecule is CCN1CC[C@]2(CCC1=O)CN(Cc1noc(CC(C)C)n1)CCN2C. The number of nitrogens with zero attached hydrogens (tertiary/aromatic N) is 5. The van der Waals surface area contributed by atoms with Crippen LogP contribution in [0.3, 0.4) is 0 Å². The molecule has 3 heterocycles. The van der Waals surface area contributed by atoms with Crippen molar-refractivity contribution >= 4 is 5.91 Å². The number of hydrogen-bond acceptors (Lipinski definition) is 6. The van der Waals surface area contributed by atoms with E-state index in [-0.39, 0.29) is 5.54 Å². The van der Waals surface area contributed by atoms with Gasteiger partial charge < -0.3 is 9.42 Å². The van der Waals surface area contributed by atoms with Crippen molar-refractivity contribution in [1.29, 1.82) is 0 Å². The maximum atomic E-state index is 12.3. The van der Waals surface area contributed by atoms with Crippen LogP contribution in [0.5, 0.6) is 0 Å². The highest BCUT2D eigenvalue weighted by molar-refractivity contribution is 5.76. The van der Waals surface area contributed by atoms with E-state index in [2.05, 4.69) is 47.8 Å². The van der Waals surface area contributed by atoms with Gasteiger partial charge in [0.15, 0.2) is 5.82 Å². The van der Waals surface area contributed by atoms with E-state index in [1.54, 1.807) is 0 Å². The number of likely N-dealkylation sites (tertiary alicyclic amines) is 1. The molecule has 1 aromatic heterocycles. The third-order valence-electron chi connectivity index (χ3n) is 5.92. The summed E-state index contributed by atoms with van der Waals surface area (Å²) in [6.45, 7) is 11.7. The molecule has 7 nitrogen and oxygen atoms in total. The number of amides is 1. The molecule has 3 rings (SSSR count). The monoisotopic (exact) mass is 363 g/mol. The maximum absolute atomic E-state index is 12.3. The molecule has 1 aromatic rings. The molecule has 1 atom stereocenters. The summed E-state index contributed by atoms with van der Waals surface area (Å²) in [5, 5.41) is 4.17. The van der Waals surface area contributed by atoms with Crippen LogP contribution in [0.25, 0.3) is 0 Å². The summed E-state index contributed by atoms with van der Waals surface area (Å²) < 4.78 is 5.39. The van der Waals surface area contributed by atoms with Gasteiger partial charge in [-0.15, -0.1) is 0 Å². The molecule has 0 radical (unpaired) electrons. The van der Waals surface area contributed by atoms with Crippen LogP contribution in [-0.2, 0) is 17.8 Å². The molecule has 146 valence electrons. The lowest BCUT2D eigenvalue weighted by Gasteiger charge is -2.49. The smallest absolute Gasteiger partial charge is 0.226 e. The second-order valence-electron chi connectivity index (χ2n) is 8.28. The van der Waals surface area contributed by atoms with Crippen LogP contribution in [0, 0.1) is 5.92 Å². The third kappa shape index (κ3) is 4.26. The molecule has 0 N–H and O–H groups in total. The van der Waals surface area contributed by atoms with Crippen molar-refractivity contribution in [1.82, 2.24) is 24.8 Å². The van der Waals surface area contributed by atoms with Crippen molar-refractivity contribution in [3.05, 3.63) is 11.7 Å². The Morgan fingerprint density at radius 3 is 2.77 bits per heavy atom. The minimum absolute atomic E-state index is 0.0718. The maximum Gasteiger partial charge on any atom is 0.226 e. The minimum Gasteiger partial charge on any atom is -0.343 e. The van der Waals surface area contributed by atoms with Gasteiger partial charge in [-0.05, 0) is 32.7 Å². The number of likely N-dealkylation sites (N-methyl/N-ethyl adjacent to an activating group) is 1. The molecule has 7 heteroatoms. The normalized spacial score (nSPS) is 26.0. The topological polar surface area (TPSA) is 65.7 Å². The van der Waals surface area contributed by atoms with Crippen LogP contribution in [0.1, 0.15) is 51.7 Å². The van der Waals surface area contributed by atoms with E-state index in [9.17, 15) is 4.79 Å². The van der Waals surface area contributed by atoms with Crippen molar-refractivity contribution < 1.29 is 9.32 Å². The fourth-order valence-corrected chi connectivity index (χ4v) is 4.23. The highest BCUT2D eigenvalue weighted by atomic mass is 16.5. The van der Waals surface area contributed by atoms with E-state index in [0.717, 1.165) is 70.2 Å². The van der Waals surface area contributed by atoms with E-state index < -0.39 is 0 Å². The lowest BCUT2D eigenvalue weighted by atomic mass is 9.86. The summed E-state index contributed by atoms with van der Waals surface area (Å²) in [6, 6.07) is 0. The van der Waals surface area contributed by atoms with Gasteiger partial charge in [0.05, 0.1) is 6.54 Å². The van der Waals surface area contributed by atoms with Crippen molar-refractivity contribution in [3.8, 4) is 0 Å². The Morgan fingerprint density at radius 1 is 1.23 bits per heavy atom. The Labute approximate surface area is 156 Å². The fraction of sp³-hybridized carbons (Fsp3) is 0.842. The molecule has 1 amide bonds. The number of carbonyl (C=O) groups is 1. The lowest BCUT2D eigenvalue weighted by molar-refractivity contribution is -0.130. The second kappa shape index (κ2) is 8.05. The second-order valence-corrected chi connectivity index (χ2v) is 8.28. The van der Waals surface area contributed by atoms with Crippen LogP contribution in [0.2, 0.25) is 0 Å². The van der Waals surface area contributed by atoms with Gasteiger partial charge >= 0.3 is 0 Å². The Hall–Kier alpha value is -1.47. The summed E-state index contributed by atoms with van der Waals surface area (Å²) in [4.78, 5) is 23.8. The summed E-state index contributed by atoms with van der Waals surface area (Å²) >= 11 is 0. The molecule has 0 saturated carbocycles. The van der Waals surface area contributed by atoms with Crippen LogP contribution < -0.4 is 0 Å². The highest BCUT2D eigenvalue weighted by Crippen LogP contribution is 2.32. The van der Waals surface area contributed by atoms with Gasteiger partial charge in [-0.3, -0.25) is 14.6 Å². The van der Waals surface area contributed by atoms with Crippen molar-refractivity contribution in [2.24, 2.45) is 5.92 Å². The summed E-state index contributed by atoms with van der Waals surface area (Å²) in [5.74, 6) is 2.32. The first-order valence-electron chi connectivity index (χ1n) is 9.94. The molecule has 2 saturated heterocycles. The third-order valence-corrected chi connectivity index (χ3v) is 5.92. The predicted octanol–water partition coefficient (Wildman–Crippen LogP) is 1.79. The average Bonchev–Trinajstić information content (AvgIpc) is 2.95. The van der Waals surface area contributed by atoms with Crippen molar-refractivity contribution in [2.45, 2.75) is 58.5 Å². The lowest BCUT2D eigenvalue weighted by Crippen LogP contribution is -2.60. The molecular formula is C19H33N5O2. The fourth-order valence-electron chi connectivity index (χ4n) is 4.23. The van der Waals surface area contributed by atoms with Gasteiger partial charge in [0.2, 0.25) is 11.8 Å². The van der Waals surface area contributed by atoms with E-state index >= 15 is 0 Å². The van der Waals surface area contributed by atoms with Gasteiger partial charge in [-0.1, -0.05) is 19.0 Å². The van der Waals surface area contributed by atoms with E-state index in [1.165, 1.54) is 0 Å². The van der Waals surface area contributed by atoms with Crippen LogP contribution in [0.4, 0.5) is 0 Å². The molecule has 26 heavy (non-hydrogen) atoms. The Kier molecular flexibility index (Phi) is 5.97. The average molecular weight is 364 g/mol. The van der Waals surface area contributed by atoms with E-state index in [4.69, 9.17) is 4.52 Å². The first-order chi connectivity index (χ1) is 12.4. The standard InChI is InChI=1S/C19H33N5O2/c1-5-24-9-8-19(7-6-18(24)25)14-23(11-10-22(19)4)13-16-20-17(26-21-16)12-15(2)3/h15H,5-14H2,1-4H3/t19-/m1/s1. The number of aromatic nitrogens is 2. The highest BCUT2D eigenvalue weighted by Gasteiger charge is 2.42. The van der Waals surface area contributed by atoms with Gasteiger partial charge in [0.25, 0.3) is 0 Å². The molecule has 1 spiro atoms. The van der Waals surface area contributed by atoms with E-state index in [0.29, 0.717) is 18.2 Å². The minimum atomic E-state index is 0.0718. The molecule has 0 aliphatic carbocycles. The Bertz CT molecular complexity index is 617. The zero-order valence-electron chi connectivity index (χ0n) is 16.7. The van der Waals surface area contributed by atoms with Gasteiger partial charge in [0.1, 0.15) is 0 Å². The van der Waals surface area contributed by atoms with Crippen molar-refractivity contribution in [3.63, 3.8) is 0 Å². The largest absolute Gasteiger partial charge is 0.343 e. The molecule has 2 fully saturated rings. The molecular weight excluding hydrogens is 330 g/mol. The van der Waals surface area contributed by atoms with Crippen LogP contribution in [0.15, 0.2) is 4.52 Å². The van der Waals surface area contributed by atoms with Crippen LogP contribution >= 0.6 is 0 Å². The van der Waals surface area contributed by atoms with Gasteiger partial charge in [-0.25, -0.2) is 0 Å². The van der Waals surface area contributed by atoms with Crippen LogP contribution in [-0.4, -0.2) is 76.1 Å². The van der Waals surface area contributed by atoms with E-state index in [1.807, 2.05) is 4.90 Å². The summed E-state index contributed by atoms with van der Waals surface area (Å²) in [5.41, 5.74) is 0.0718. The quantitative estimate of drug-likeness (QED) is 0.795. The molecule has 0 aromatic carbocycles. The first-order valence-corrected chi connectivity index (χ1v) is 9.94. The van der Waals surface area contributed by atoms with Crippen molar-refractivity contribution in [2.75, 3.05) is 39.8 Å². The Morgan fingerprint density at radius 2 is 2.04 bits per heavy atom. The zero-order chi connectivity index (χ0) is 18.7. The predicted molar refractivity (Wildman–Crippen MR) is 99.6 cm³/mol. The first kappa shape index (κ1) is 19.3. The number of hydrogen-bond donors (Lipinski definition) is 0. The zero-order valence-corrected chi connectivity index (χ0v) is 16.7.